The average molecular weight is 526 g/mol. The number of hydrogen-bond acceptors (Lipinski definition) is 3. The van der Waals surface area contributed by atoms with Gasteiger partial charge in [0.15, 0.2) is 0 Å². The smallest absolute Gasteiger partial charge is 0.335 e. The van der Waals surface area contributed by atoms with Gasteiger partial charge in [0, 0.05) is 18.7 Å². The van der Waals surface area contributed by atoms with Crippen molar-refractivity contribution in [2.75, 3.05) is 0 Å². The summed E-state index contributed by atoms with van der Waals surface area (Å²) in [5.74, 6) is -1.26. The number of rotatable bonds is 7. The van der Waals surface area contributed by atoms with Crippen LogP contribution in [0.5, 0.6) is 0 Å². The zero-order valence-electron chi connectivity index (χ0n) is 21.9. The molecular weight excluding hydrogens is 498 g/mol. The van der Waals surface area contributed by atoms with Gasteiger partial charge in [-0.05, 0) is 51.2 Å². The fourth-order valence-electron chi connectivity index (χ4n) is 5.12. The number of amides is 1. The number of aromatic nitrogens is 2. The van der Waals surface area contributed by atoms with Gasteiger partial charge in [-0.25, -0.2) is 9.78 Å². The van der Waals surface area contributed by atoms with Crippen LogP contribution in [0.4, 0.5) is 0 Å². The Balaban J connectivity index is 1.40. The normalized spacial score (nSPS) is 11.9. The van der Waals surface area contributed by atoms with Crippen molar-refractivity contribution in [1.82, 2.24) is 14.7 Å². The number of benzene rings is 4. The molecule has 0 aliphatic carbocycles. The molecule has 4 aromatic carbocycles. The maximum atomic E-state index is 13.7. The fourth-order valence-corrected chi connectivity index (χ4v) is 5.12. The minimum absolute atomic E-state index is 0.0488. The van der Waals surface area contributed by atoms with Crippen molar-refractivity contribution in [2.24, 2.45) is 0 Å². The molecule has 0 radical (unpaired) electrons. The van der Waals surface area contributed by atoms with Crippen LogP contribution in [0.3, 0.4) is 0 Å². The van der Waals surface area contributed by atoms with E-state index in [0.29, 0.717) is 5.56 Å². The Morgan fingerprint density at radius 3 is 2.33 bits per heavy atom. The Hall–Kier alpha value is -5.23. The van der Waals surface area contributed by atoms with Crippen molar-refractivity contribution in [3.05, 3.63) is 144 Å². The number of nitrogens with zero attached hydrogens (tertiary/aromatic N) is 2. The predicted octanol–water partition coefficient (Wildman–Crippen LogP) is 6.93. The van der Waals surface area contributed by atoms with Crippen LogP contribution in [-0.4, -0.2) is 26.4 Å². The second-order valence-corrected chi connectivity index (χ2v) is 9.91. The topological polar surface area (TPSA) is 83.7 Å². The van der Waals surface area contributed by atoms with Crippen LogP contribution in [-0.2, 0) is 6.54 Å². The van der Waals surface area contributed by atoms with E-state index < -0.39 is 5.97 Å². The number of carbonyl (C=O) groups excluding carboxylic acids is 1. The molecule has 0 unspecified atom stereocenters. The predicted molar refractivity (Wildman–Crippen MR) is 157 cm³/mol. The average Bonchev–Trinajstić information content (AvgIpc) is 3.43. The molecule has 6 heteroatoms. The lowest BCUT2D eigenvalue weighted by Crippen LogP contribution is -2.24. The van der Waals surface area contributed by atoms with E-state index in [1.807, 2.05) is 59.1 Å². The van der Waals surface area contributed by atoms with Gasteiger partial charge in [-0.15, -0.1) is 0 Å². The number of aromatic carboxylic acids is 1. The Bertz CT molecular complexity index is 1860. The first kappa shape index (κ1) is 25.1. The summed E-state index contributed by atoms with van der Waals surface area (Å²) in [4.78, 5) is 29.7. The number of hydrogen-bond donors (Lipinski definition) is 2. The summed E-state index contributed by atoms with van der Waals surface area (Å²) in [6.07, 6.45) is 3.78. The van der Waals surface area contributed by atoms with Crippen molar-refractivity contribution in [2.45, 2.75) is 19.4 Å². The zero-order chi connectivity index (χ0) is 27.6. The van der Waals surface area contributed by atoms with Crippen LogP contribution in [0.25, 0.3) is 27.4 Å². The Kier molecular flexibility index (Phi) is 6.58. The van der Waals surface area contributed by atoms with Crippen molar-refractivity contribution < 1.29 is 14.7 Å². The molecule has 6 rings (SSSR count). The van der Waals surface area contributed by atoms with Gasteiger partial charge in [-0.2, -0.15) is 0 Å². The molecule has 2 aromatic heterocycles. The highest BCUT2D eigenvalue weighted by Gasteiger charge is 2.22. The molecule has 0 saturated heterocycles. The summed E-state index contributed by atoms with van der Waals surface area (Å²) in [7, 11) is 0. The van der Waals surface area contributed by atoms with Crippen molar-refractivity contribution in [3.8, 4) is 11.1 Å². The number of carbonyl (C=O) groups is 2. The third-order valence-electron chi connectivity index (χ3n) is 7.34. The van der Waals surface area contributed by atoms with Crippen LogP contribution in [0.1, 0.15) is 50.4 Å². The van der Waals surface area contributed by atoms with Crippen molar-refractivity contribution in [3.63, 3.8) is 0 Å². The molecule has 0 spiro atoms. The van der Waals surface area contributed by atoms with Gasteiger partial charge in [-0.3, -0.25) is 4.79 Å². The molecule has 0 aliphatic heterocycles. The number of carboxylic acids is 1. The maximum absolute atomic E-state index is 13.7. The third-order valence-corrected chi connectivity index (χ3v) is 7.34. The molecule has 2 N–H and O–H groups in total. The van der Waals surface area contributed by atoms with Crippen molar-refractivity contribution >= 4 is 28.2 Å². The van der Waals surface area contributed by atoms with Crippen LogP contribution in [0.15, 0.2) is 116 Å². The van der Waals surface area contributed by atoms with Crippen LogP contribution < -0.4 is 5.32 Å². The minimum Gasteiger partial charge on any atom is -0.478 e. The molecule has 0 aliphatic rings. The van der Waals surface area contributed by atoms with E-state index in [9.17, 15) is 9.59 Å². The van der Waals surface area contributed by atoms with Crippen LogP contribution >= 0.6 is 0 Å². The van der Waals surface area contributed by atoms with Gasteiger partial charge < -0.3 is 14.8 Å². The maximum Gasteiger partial charge on any atom is 0.335 e. The van der Waals surface area contributed by atoms with Gasteiger partial charge in [0.2, 0.25) is 0 Å². The van der Waals surface area contributed by atoms with E-state index in [0.717, 1.165) is 38.9 Å². The lowest BCUT2D eigenvalue weighted by Gasteiger charge is -2.15. The summed E-state index contributed by atoms with van der Waals surface area (Å²) in [6, 6.07) is 33.1. The zero-order valence-corrected chi connectivity index (χ0v) is 21.9. The molecule has 6 nitrogen and oxygen atoms in total. The van der Waals surface area contributed by atoms with E-state index in [4.69, 9.17) is 10.1 Å². The largest absolute Gasteiger partial charge is 0.478 e. The number of imidazole rings is 1. The lowest BCUT2D eigenvalue weighted by molar-refractivity contribution is 0.0696. The van der Waals surface area contributed by atoms with E-state index in [1.54, 1.807) is 30.6 Å². The number of nitrogens with one attached hydrogen (secondary N) is 1. The van der Waals surface area contributed by atoms with E-state index in [-0.39, 0.29) is 23.9 Å². The second kappa shape index (κ2) is 10.5. The lowest BCUT2D eigenvalue weighted by atomic mass is 9.93. The molecule has 0 saturated carbocycles. The third kappa shape index (κ3) is 4.83. The molecule has 0 bridgehead atoms. The second-order valence-electron chi connectivity index (χ2n) is 9.91. The SMILES string of the molecule is C[C@@H](c1ccc2ccccc2c1)c1ncn2cc(-c3ccccc3)cc(C(=O)NCc3ccc(C(=O)O)cc3)c12. The molecular formula is C34H27N3O3. The standard InChI is InChI=1S/C34H27N3O3/c1-22(27-16-15-25-9-5-6-10-28(25)17-27)31-32-30(33(38)35-19-23-11-13-26(14-12-23)34(39)40)18-29(20-37(32)21-36-31)24-7-3-2-4-8-24/h2-18,20-22H,19H2,1H3,(H,35,38)(H,39,40)/t22-/m0/s1. The molecule has 1 atom stereocenters. The molecule has 196 valence electrons. The van der Waals surface area contributed by atoms with E-state index in [2.05, 4.69) is 42.6 Å². The molecule has 0 fully saturated rings. The first-order valence-electron chi connectivity index (χ1n) is 13.1. The number of pyridine rings is 1. The van der Waals surface area contributed by atoms with E-state index in [1.165, 1.54) is 5.39 Å². The first-order chi connectivity index (χ1) is 19.5. The summed E-state index contributed by atoms with van der Waals surface area (Å²) in [6.45, 7) is 2.38. The molecule has 2 heterocycles. The monoisotopic (exact) mass is 525 g/mol. The quantitative estimate of drug-likeness (QED) is 0.237. The van der Waals surface area contributed by atoms with Crippen LogP contribution in [0.2, 0.25) is 0 Å². The molecule has 6 aromatic rings. The Labute approximate surface area is 231 Å². The summed E-state index contributed by atoms with van der Waals surface area (Å²) >= 11 is 0. The van der Waals surface area contributed by atoms with Gasteiger partial charge in [-0.1, -0.05) is 91.9 Å². The summed E-state index contributed by atoms with van der Waals surface area (Å²) < 4.78 is 1.94. The highest BCUT2D eigenvalue weighted by Crippen LogP contribution is 2.32. The highest BCUT2D eigenvalue weighted by atomic mass is 16.4. The summed E-state index contributed by atoms with van der Waals surface area (Å²) in [5, 5.41) is 14.5. The Morgan fingerprint density at radius 2 is 1.57 bits per heavy atom. The number of carboxylic acid groups (broad SMARTS) is 1. The van der Waals surface area contributed by atoms with Gasteiger partial charge >= 0.3 is 5.97 Å². The number of fused-ring (bicyclic) bond motifs is 2. The first-order valence-corrected chi connectivity index (χ1v) is 13.1. The molecule has 1 amide bonds. The highest BCUT2D eigenvalue weighted by molar-refractivity contribution is 6.02. The van der Waals surface area contributed by atoms with E-state index >= 15 is 0 Å². The molecule has 40 heavy (non-hydrogen) atoms. The van der Waals surface area contributed by atoms with Crippen molar-refractivity contribution in [1.29, 1.82) is 0 Å². The van der Waals surface area contributed by atoms with Gasteiger partial charge in [0.25, 0.3) is 5.91 Å². The Morgan fingerprint density at radius 1 is 0.850 bits per heavy atom. The minimum atomic E-state index is -0.982. The van der Waals surface area contributed by atoms with Gasteiger partial charge in [0.1, 0.15) is 0 Å². The van der Waals surface area contributed by atoms with Gasteiger partial charge in [0.05, 0.1) is 28.7 Å². The summed E-state index contributed by atoms with van der Waals surface area (Å²) in [5.41, 5.74) is 6.17. The van der Waals surface area contributed by atoms with Crippen LogP contribution in [0, 0.1) is 0 Å². The fraction of sp³-hybridized carbons (Fsp3) is 0.0882.